The van der Waals surface area contributed by atoms with E-state index in [1.165, 1.54) is 6.92 Å². The summed E-state index contributed by atoms with van der Waals surface area (Å²) in [6.45, 7) is 4.17. The van der Waals surface area contributed by atoms with Crippen LogP contribution in [0.1, 0.15) is 38.8 Å². The molecule has 0 spiro atoms. The highest BCUT2D eigenvalue weighted by Crippen LogP contribution is 2.05. The van der Waals surface area contributed by atoms with E-state index in [-0.39, 0.29) is 5.91 Å². The SMILES string of the molecule is CCc1cn(CCCC[C@H](NC)C(=O)N[C@H](C(N)=O)[C@@H](C)O)nn1. The average Bonchev–Trinajstić information content (AvgIpc) is 2.99. The Balaban J connectivity index is 2.40. The lowest BCUT2D eigenvalue weighted by Crippen LogP contribution is -2.55. The highest BCUT2D eigenvalue weighted by Gasteiger charge is 2.26. The molecule has 0 saturated heterocycles. The van der Waals surface area contributed by atoms with Crippen molar-refractivity contribution in [3.8, 4) is 0 Å². The number of aliphatic hydroxyl groups excluding tert-OH is 1. The lowest BCUT2D eigenvalue weighted by molar-refractivity contribution is -0.130. The molecule has 0 aliphatic rings. The van der Waals surface area contributed by atoms with Crippen molar-refractivity contribution in [2.45, 2.75) is 64.3 Å². The Morgan fingerprint density at radius 2 is 2.12 bits per heavy atom. The number of hydrogen-bond acceptors (Lipinski definition) is 6. The van der Waals surface area contributed by atoms with Crippen LogP contribution < -0.4 is 16.4 Å². The summed E-state index contributed by atoms with van der Waals surface area (Å²) >= 11 is 0. The maximum absolute atomic E-state index is 12.2. The molecule has 0 radical (unpaired) electrons. The normalized spacial score (nSPS) is 14.8. The Morgan fingerprint density at radius 3 is 2.62 bits per heavy atom. The molecule has 0 fully saturated rings. The van der Waals surface area contributed by atoms with Gasteiger partial charge in [0.25, 0.3) is 0 Å². The van der Waals surface area contributed by atoms with Gasteiger partial charge >= 0.3 is 0 Å². The van der Waals surface area contributed by atoms with Gasteiger partial charge in [-0.1, -0.05) is 12.1 Å². The number of nitrogens with one attached hydrogen (secondary N) is 2. The van der Waals surface area contributed by atoms with Crippen LogP contribution in [-0.4, -0.2) is 57.2 Å². The Kier molecular flexibility index (Phi) is 8.34. The molecule has 1 aromatic heterocycles. The summed E-state index contributed by atoms with van der Waals surface area (Å²) in [6.07, 6.45) is 3.99. The molecule has 0 aliphatic heterocycles. The first-order valence-electron chi connectivity index (χ1n) is 8.23. The maximum atomic E-state index is 12.2. The number of aliphatic hydroxyl groups is 1. The fourth-order valence-corrected chi connectivity index (χ4v) is 2.32. The van der Waals surface area contributed by atoms with Crippen LogP contribution in [0.25, 0.3) is 0 Å². The van der Waals surface area contributed by atoms with Crippen molar-refractivity contribution in [2.24, 2.45) is 5.73 Å². The molecular formula is C15H28N6O3. The molecule has 9 nitrogen and oxygen atoms in total. The Bertz CT molecular complexity index is 531. The quantitative estimate of drug-likeness (QED) is 0.380. The number of rotatable bonds is 11. The zero-order valence-electron chi connectivity index (χ0n) is 14.5. The zero-order chi connectivity index (χ0) is 18.1. The lowest BCUT2D eigenvalue weighted by atomic mass is 10.1. The third-order valence-electron chi connectivity index (χ3n) is 3.83. The van der Waals surface area contributed by atoms with Gasteiger partial charge in [0.1, 0.15) is 6.04 Å². The summed E-state index contributed by atoms with van der Waals surface area (Å²) in [6, 6.07) is -1.54. The van der Waals surface area contributed by atoms with Gasteiger partial charge in [0.15, 0.2) is 0 Å². The molecule has 1 aromatic rings. The van der Waals surface area contributed by atoms with Gasteiger partial charge in [-0.3, -0.25) is 14.3 Å². The number of aromatic nitrogens is 3. The smallest absolute Gasteiger partial charge is 0.242 e. The third-order valence-corrected chi connectivity index (χ3v) is 3.83. The minimum Gasteiger partial charge on any atom is -0.391 e. The van der Waals surface area contributed by atoms with E-state index in [4.69, 9.17) is 5.73 Å². The molecule has 1 rings (SSSR count). The number of aryl methyl sites for hydroxylation is 2. The standard InChI is InChI=1S/C15H28N6O3/c1-4-11-9-21(20-19-11)8-6-5-7-12(17-3)15(24)18-13(10(2)22)14(16)23/h9-10,12-13,17,22H,4-8H2,1-3H3,(H2,16,23)(H,18,24)/t10-,12+,13+/m1/s1. The molecule has 0 bridgehead atoms. The Labute approximate surface area is 142 Å². The van der Waals surface area contributed by atoms with Crippen molar-refractivity contribution < 1.29 is 14.7 Å². The van der Waals surface area contributed by atoms with E-state index in [0.717, 1.165) is 31.5 Å². The number of carbonyl (C=O) groups is 2. The molecule has 1 heterocycles. The van der Waals surface area contributed by atoms with Crippen LogP contribution in [0.5, 0.6) is 0 Å². The minimum atomic E-state index is -1.09. The van der Waals surface area contributed by atoms with Gasteiger partial charge in [-0.2, -0.15) is 0 Å². The monoisotopic (exact) mass is 340 g/mol. The van der Waals surface area contributed by atoms with Crippen LogP contribution in [0.4, 0.5) is 0 Å². The molecule has 3 atom stereocenters. The van der Waals surface area contributed by atoms with Crippen molar-refractivity contribution >= 4 is 11.8 Å². The summed E-state index contributed by atoms with van der Waals surface area (Å²) in [5.74, 6) is -1.11. The first-order valence-corrected chi connectivity index (χ1v) is 8.23. The number of unbranched alkanes of at least 4 members (excludes halogenated alkanes) is 1. The van der Waals surface area contributed by atoms with E-state index in [2.05, 4.69) is 20.9 Å². The van der Waals surface area contributed by atoms with Crippen molar-refractivity contribution in [1.82, 2.24) is 25.6 Å². The number of amides is 2. The van der Waals surface area contributed by atoms with Gasteiger partial charge in [0.2, 0.25) is 11.8 Å². The molecular weight excluding hydrogens is 312 g/mol. The second-order valence-electron chi connectivity index (χ2n) is 5.79. The van der Waals surface area contributed by atoms with E-state index >= 15 is 0 Å². The fraction of sp³-hybridized carbons (Fsp3) is 0.733. The molecule has 0 aliphatic carbocycles. The van der Waals surface area contributed by atoms with E-state index in [0.29, 0.717) is 6.42 Å². The fourth-order valence-electron chi connectivity index (χ4n) is 2.32. The van der Waals surface area contributed by atoms with E-state index in [9.17, 15) is 14.7 Å². The molecule has 5 N–H and O–H groups in total. The maximum Gasteiger partial charge on any atom is 0.242 e. The van der Waals surface area contributed by atoms with E-state index in [1.807, 2.05) is 13.1 Å². The Hall–Kier alpha value is -2.00. The van der Waals surface area contributed by atoms with Crippen LogP contribution in [0, 0.1) is 0 Å². The zero-order valence-corrected chi connectivity index (χ0v) is 14.5. The molecule has 0 aromatic carbocycles. The van der Waals surface area contributed by atoms with Gasteiger partial charge in [-0.15, -0.1) is 5.10 Å². The van der Waals surface area contributed by atoms with Crippen molar-refractivity contribution in [1.29, 1.82) is 0 Å². The number of carbonyl (C=O) groups excluding carboxylic acids is 2. The second kappa shape index (κ2) is 9.99. The molecule has 0 saturated carbocycles. The van der Waals surface area contributed by atoms with Crippen molar-refractivity contribution in [3.63, 3.8) is 0 Å². The predicted molar refractivity (Wildman–Crippen MR) is 88.9 cm³/mol. The molecule has 2 amide bonds. The van der Waals surface area contributed by atoms with Gasteiger partial charge in [-0.05, 0) is 39.7 Å². The average molecular weight is 340 g/mol. The summed E-state index contributed by atoms with van der Waals surface area (Å²) in [7, 11) is 1.68. The molecule has 0 unspecified atom stereocenters. The summed E-state index contributed by atoms with van der Waals surface area (Å²) < 4.78 is 1.80. The first kappa shape index (κ1) is 20.0. The Morgan fingerprint density at radius 1 is 1.42 bits per heavy atom. The van der Waals surface area contributed by atoms with Gasteiger partial charge in [0, 0.05) is 12.7 Å². The predicted octanol–water partition coefficient (Wildman–Crippen LogP) is -1.05. The van der Waals surface area contributed by atoms with E-state index < -0.39 is 24.1 Å². The number of hydrogen-bond donors (Lipinski definition) is 4. The highest BCUT2D eigenvalue weighted by molar-refractivity contribution is 5.89. The van der Waals surface area contributed by atoms with Gasteiger partial charge in [-0.25, -0.2) is 0 Å². The van der Waals surface area contributed by atoms with Crippen LogP contribution in [0.2, 0.25) is 0 Å². The van der Waals surface area contributed by atoms with Gasteiger partial charge < -0.3 is 21.5 Å². The number of primary amides is 1. The largest absolute Gasteiger partial charge is 0.391 e. The molecule has 136 valence electrons. The third kappa shape index (κ3) is 6.25. The highest BCUT2D eigenvalue weighted by atomic mass is 16.3. The topological polar surface area (TPSA) is 135 Å². The van der Waals surface area contributed by atoms with E-state index in [1.54, 1.807) is 11.7 Å². The van der Waals surface area contributed by atoms with Crippen LogP contribution in [0.15, 0.2) is 6.20 Å². The van der Waals surface area contributed by atoms with Crippen LogP contribution >= 0.6 is 0 Å². The second-order valence-corrected chi connectivity index (χ2v) is 5.79. The number of nitrogens with zero attached hydrogens (tertiary/aromatic N) is 3. The molecule has 24 heavy (non-hydrogen) atoms. The summed E-state index contributed by atoms with van der Waals surface area (Å²) in [5, 5.41) is 23.0. The van der Waals surface area contributed by atoms with Crippen molar-refractivity contribution in [3.05, 3.63) is 11.9 Å². The van der Waals surface area contributed by atoms with Crippen molar-refractivity contribution in [2.75, 3.05) is 7.05 Å². The number of likely N-dealkylation sites (N-methyl/N-ethyl adjacent to an activating group) is 1. The number of nitrogens with two attached hydrogens (primary N) is 1. The lowest BCUT2D eigenvalue weighted by Gasteiger charge is -2.22. The first-order chi connectivity index (χ1) is 11.4. The van der Waals surface area contributed by atoms with Crippen LogP contribution in [-0.2, 0) is 22.6 Å². The van der Waals surface area contributed by atoms with Crippen LogP contribution in [0.3, 0.4) is 0 Å². The van der Waals surface area contributed by atoms with Gasteiger partial charge in [0.05, 0.1) is 17.8 Å². The summed E-state index contributed by atoms with van der Waals surface area (Å²) in [4.78, 5) is 23.4. The minimum absolute atomic E-state index is 0.351. The summed E-state index contributed by atoms with van der Waals surface area (Å²) in [5.41, 5.74) is 6.13. The molecule has 9 heteroatoms.